The maximum Gasteiger partial charge on any atom is 0.264 e. The number of benzene rings is 3. The number of carbonyl (C=O) groups excluding carboxylic acids is 1. The van der Waals surface area contributed by atoms with Gasteiger partial charge in [0.1, 0.15) is 0 Å². The standard InChI is InChI=1S/C27H32N2O3S/c1-5-29(25-9-7-6-8-10-25)33(31,32)26-17-15-24(16-18-26)28-27(30)21(4)23-13-11-22(12-14-23)19-20(2)3/h6-18,20-21H,5,19H2,1-4H3,(H,28,30). The fraction of sp³-hybridized carbons (Fsp3) is 0.296. The van der Waals surface area contributed by atoms with E-state index < -0.39 is 10.0 Å². The largest absolute Gasteiger partial charge is 0.326 e. The Morgan fingerprint density at radius 3 is 2.03 bits per heavy atom. The van der Waals surface area contributed by atoms with Gasteiger partial charge < -0.3 is 5.32 Å². The van der Waals surface area contributed by atoms with Crippen molar-refractivity contribution < 1.29 is 13.2 Å². The van der Waals surface area contributed by atoms with Crippen molar-refractivity contribution in [2.24, 2.45) is 5.92 Å². The van der Waals surface area contributed by atoms with E-state index >= 15 is 0 Å². The van der Waals surface area contributed by atoms with Crippen LogP contribution in [0.15, 0.2) is 83.8 Å². The number of para-hydroxylation sites is 1. The molecule has 0 aliphatic heterocycles. The van der Waals surface area contributed by atoms with Gasteiger partial charge in [0, 0.05) is 12.2 Å². The fourth-order valence-corrected chi connectivity index (χ4v) is 5.21. The lowest BCUT2D eigenvalue weighted by atomic mass is 9.96. The van der Waals surface area contributed by atoms with Gasteiger partial charge in [0.25, 0.3) is 10.0 Å². The summed E-state index contributed by atoms with van der Waals surface area (Å²) in [7, 11) is -3.70. The lowest BCUT2D eigenvalue weighted by Crippen LogP contribution is -2.30. The van der Waals surface area contributed by atoms with Crippen LogP contribution in [0, 0.1) is 5.92 Å². The smallest absolute Gasteiger partial charge is 0.264 e. The van der Waals surface area contributed by atoms with Crippen molar-refractivity contribution in [1.82, 2.24) is 0 Å². The first-order valence-corrected chi connectivity index (χ1v) is 12.7. The van der Waals surface area contributed by atoms with Crippen LogP contribution < -0.4 is 9.62 Å². The fourth-order valence-electron chi connectivity index (χ4n) is 3.74. The zero-order chi connectivity index (χ0) is 24.0. The van der Waals surface area contributed by atoms with E-state index in [4.69, 9.17) is 0 Å². The summed E-state index contributed by atoms with van der Waals surface area (Å²) in [4.78, 5) is 12.9. The second kappa shape index (κ2) is 10.7. The van der Waals surface area contributed by atoms with Gasteiger partial charge in [-0.2, -0.15) is 0 Å². The van der Waals surface area contributed by atoms with Crippen molar-refractivity contribution in [2.45, 2.75) is 44.9 Å². The third-order valence-electron chi connectivity index (χ3n) is 5.56. The molecule has 1 atom stereocenters. The first-order chi connectivity index (χ1) is 15.7. The van der Waals surface area contributed by atoms with Crippen molar-refractivity contribution >= 4 is 27.3 Å². The number of hydrogen-bond acceptors (Lipinski definition) is 3. The summed E-state index contributed by atoms with van der Waals surface area (Å²) in [5, 5.41) is 2.89. The summed E-state index contributed by atoms with van der Waals surface area (Å²) in [5.74, 6) is 0.123. The number of sulfonamides is 1. The highest BCUT2D eigenvalue weighted by Gasteiger charge is 2.23. The van der Waals surface area contributed by atoms with Crippen molar-refractivity contribution in [1.29, 1.82) is 0 Å². The predicted octanol–water partition coefficient (Wildman–Crippen LogP) is 5.84. The third-order valence-corrected chi connectivity index (χ3v) is 7.48. The molecule has 0 aromatic heterocycles. The molecule has 0 saturated heterocycles. The van der Waals surface area contributed by atoms with Crippen molar-refractivity contribution in [3.8, 4) is 0 Å². The number of carbonyl (C=O) groups is 1. The Morgan fingerprint density at radius 1 is 0.879 bits per heavy atom. The number of amides is 1. The zero-order valence-corrected chi connectivity index (χ0v) is 20.5. The van der Waals surface area contributed by atoms with Gasteiger partial charge in [-0.05, 0) is 73.7 Å². The molecule has 0 bridgehead atoms. The molecule has 0 radical (unpaired) electrons. The lowest BCUT2D eigenvalue weighted by molar-refractivity contribution is -0.117. The average molecular weight is 465 g/mol. The predicted molar refractivity (Wildman–Crippen MR) is 135 cm³/mol. The minimum atomic E-state index is -3.70. The number of rotatable bonds is 9. The number of anilines is 2. The highest BCUT2D eigenvalue weighted by atomic mass is 32.2. The molecular formula is C27H32N2O3S. The molecule has 1 N–H and O–H groups in total. The summed E-state index contributed by atoms with van der Waals surface area (Å²) in [5.41, 5.74) is 3.38. The summed E-state index contributed by atoms with van der Waals surface area (Å²) in [6.07, 6.45) is 1.01. The second-order valence-electron chi connectivity index (χ2n) is 8.58. The van der Waals surface area contributed by atoms with Crippen LogP contribution in [-0.2, 0) is 21.2 Å². The van der Waals surface area contributed by atoms with E-state index in [1.807, 2.05) is 37.3 Å². The second-order valence-corrected chi connectivity index (χ2v) is 10.4. The van der Waals surface area contributed by atoms with Gasteiger partial charge in [-0.1, -0.05) is 56.3 Å². The molecule has 0 aliphatic carbocycles. The van der Waals surface area contributed by atoms with Crippen LogP contribution in [0.2, 0.25) is 0 Å². The Hall–Kier alpha value is -3.12. The van der Waals surface area contributed by atoms with Crippen LogP contribution in [0.25, 0.3) is 0 Å². The quantitative estimate of drug-likeness (QED) is 0.432. The van der Waals surface area contributed by atoms with E-state index in [2.05, 4.69) is 31.3 Å². The van der Waals surface area contributed by atoms with E-state index in [0.29, 0.717) is 23.8 Å². The molecule has 0 heterocycles. The normalized spacial score (nSPS) is 12.4. The summed E-state index contributed by atoms with van der Waals surface area (Å²) in [6, 6.07) is 23.5. The van der Waals surface area contributed by atoms with E-state index in [0.717, 1.165) is 12.0 Å². The first-order valence-electron chi connectivity index (χ1n) is 11.3. The first kappa shape index (κ1) is 24.5. The maximum absolute atomic E-state index is 13.1. The van der Waals surface area contributed by atoms with Gasteiger partial charge in [0.15, 0.2) is 0 Å². The molecule has 0 fully saturated rings. The lowest BCUT2D eigenvalue weighted by Gasteiger charge is -2.23. The molecule has 1 unspecified atom stereocenters. The van der Waals surface area contributed by atoms with Gasteiger partial charge >= 0.3 is 0 Å². The summed E-state index contributed by atoms with van der Waals surface area (Å²) < 4.78 is 27.6. The van der Waals surface area contributed by atoms with E-state index in [1.165, 1.54) is 22.0 Å². The Kier molecular flexibility index (Phi) is 7.92. The van der Waals surface area contributed by atoms with Crippen LogP contribution in [0.1, 0.15) is 44.7 Å². The summed E-state index contributed by atoms with van der Waals surface area (Å²) >= 11 is 0. The highest BCUT2D eigenvalue weighted by Crippen LogP contribution is 2.25. The molecule has 174 valence electrons. The minimum Gasteiger partial charge on any atom is -0.326 e. The van der Waals surface area contributed by atoms with Crippen molar-refractivity contribution in [2.75, 3.05) is 16.2 Å². The van der Waals surface area contributed by atoms with Gasteiger partial charge in [0.2, 0.25) is 5.91 Å². The van der Waals surface area contributed by atoms with Crippen molar-refractivity contribution in [3.05, 3.63) is 90.0 Å². The minimum absolute atomic E-state index is 0.137. The average Bonchev–Trinajstić information content (AvgIpc) is 2.80. The van der Waals surface area contributed by atoms with Gasteiger partial charge in [-0.3, -0.25) is 9.10 Å². The number of hydrogen-bond donors (Lipinski definition) is 1. The Bertz CT molecular complexity index is 1160. The van der Waals surface area contributed by atoms with Crippen LogP contribution in [-0.4, -0.2) is 20.9 Å². The Balaban J connectivity index is 1.70. The SMILES string of the molecule is CCN(c1ccccc1)S(=O)(=O)c1ccc(NC(=O)C(C)c2ccc(CC(C)C)cc2)cc1. The van der Waals surface area contributed by atoms with Crippen molar-refractivity contribution in [3.63, 3.8) is 0 Å². The topological polar surface area (TPSA) is 66.5 Å². The van der Waals surface area contributed by atoms with E-state index in [1.54, 1.807) is 31.2 Å². The summed E-state index contributed by atoms with van der Waals surface area (Å²) in [6.45, 7) is 8.35. The molecule has 0 spiro atoms. The maximum atomic E-state index is 13.1. The van der Waals surface area contributed by atoms with E-state index in [-0.39, 0.29) is 16.7 Å². The molecular weight excluding hydrogens is 432 g/mol. The Labute approximate surface area is 197 Å². The number of nitrogens with one attached hydrogen (secondary N) is 1. The molecule has 33 heavy (non-hydrogen) atoms. The molecule has 6 heteroatoms. The number of nitrogens with zero attached hydrogens (tertiary/aromatic N) is 1. The monoisotopic (exact) mass is 464 g/mol. The van der Waals surface area contributed by atoms with Crippen LogP contribution in [0.4, 0.5) is 11.4 Å². The van der Waals surface area contributed by atoms with Crippen LogP contribution >= 0.6 is 0 Å². The highest BCUT2D eigenvalue weighted by molar-refractivity contribution is 7.92. The molecule has 5 nitrogen and oxygen atoms in total. The Morgan fingerprint density at radius 2 is 1.48 bits per heavy atom. The molecule has 0 saturated carbocycles. The van der Waals surface area contributed by atoms with Gasteiger partial charge in [-0.15, -0.1) is 0 Å². The van der Waals surface area contributed by atoms with Crippen LogP contribution in [0.3, 0.4) is 0 Å². The van der Waals surface area contributed by atoms with E-state index in [9.17, 15) is 13.2 Å². The molecule has 3 aromatic carbocycles. The molecule has 3 aromatic rings. The van der Waals surface area contributed by atoms with Crippen LogP contribution in [0.5, 0.6) is 0 Å². The van der Waals surface area contributed by atoms with Gasteiger partial charge in [0.05, 0.1) is 16.5 Å². The third kappa shape index (κ3) is 6.02. The molecule has 3 rings (SSSR count). The van der Waals surface area contributed by atoms with Gasteiger partial charge in [-0.25, -0.2) is 8.42 Å². The molecule has 1 amide bonds. The zero-order valence-electron chi connectivity index (χ0n) is 19.7. The molecule has 0 aliphatic rings.